The lowest BCUT2D eigenvalue weighted by Crippen LogP contribution is -2.15. The van der Waals surface area contributed by atoms with Gasteiger partial charge in [-0.2, -0.15) is 15.6 Å². The van der Waals surface area contributed by atoms with E-state index in [1.54, 1.807) is 38.1 Å². The fourth-order valence-corrected chi connectivity index (χ4v) is 2.37. The van der Waals surface area contributed by atoms with Gasteiger partial charge in [0, 0.05) is 5.69 Å². The van der Waals surface area contributed by atoms with Gasteiger partial charge < -0.3 is 9.47 Å². The topological polar surface area (TPSA) is 101 Å². The number of rotatable bonds is 6. The van der Waals surface area contributed by atoms with Crippen LogP contribution in [0.5, 0.6) is 11.5 Å². The number of hydrogen-bond acceptors (Lipinski definition) is 6. The quantitative estimate of drug-likeness (QED) is 0.586. The smallest absolute Gasteiger partial charge is 0.289 e. The number of benzene rings is 1. The molecule has 0 aliphatic carbocycles. The van der Waals surface area contributed by atoms with Crippen LogP contribution < -0.4 is 9.47 Å². The first-order valence-electron chi connectivity index (χ1n) is 7.96. The lowest BCUT2D eigenvalue weighted by molar-refractivity contribution is 0.0943. The minimum atomic E-state index is -0.499. The van der Waals surface area contributed by atoms with Crippen molar-refractivity contribution in [3.05, 3.63) is 46.8 Å². The Labute approximate surface area is 151 Å². The summed E-state index contributed by atoms with van der Waals surface area (Å²) < 4.78 is 12.0. The van der Waals surface area contributed by atoms with Crippen molar-refractivity contribution >= 4 is 12.0 Å². The van der Waals surface area contributed by atoms with Crippen molar-refractivity contribution < 1.29 is 14.3 Å². The van der Waals surface area contributed by atoms with Crippen molar-refractivity contribution in [1.82, 2.24) is 9.78 Å². The molecule has 0 unspecified atom stereocenters. The largest absolute Gasteiger partial charge is 0.490 e. The Balaban J connectivity index is 2.38. The average Bonchev–Trinajstić information content (AvgIpc) is 2.97. The molecule has 0 N–H and O–H groups in total. The number of nitrogens with zero attached hydrogens (tertiary/aromatic N) is 4. The summed E-state index contributed by atoms with van der Waals surface area (Å²) in [6.07, 6.45) is 1.47. The van der Waals surface area contributed by atoms with Crippen molar-refractivity contribution in [2.45, 2.75) is 20.8 Å². The molecule has 0 aliphatic rings. The van der Waals surface area contributed by atoms with E-state index in [1.807, 2.05) is 19.1 Å². The van der Waals surface area contributed by atoms with Crippen LogP contribution in [-0.2, 0) is 0 Å². The van der Waals surface area contributed by atoms with Gasteiger partial charge in [0.05, 0.1) is 12.3 Å². The fraction of sp³-hybridized carbons (Fsp3) is 0.263. The molecule has 0 fully saturated rings. The van der Waals surface area contributed by atoms with E-state index < -0.39 is 5.91 Å². The van der Waals surface area contributed by atoms with Gasteiger partial charge >= 0.3 is 0 Å². The summed E-state index contributed by atoms with van der Waals surface area (Å²) in [5.41, 5.74) is 1.91. The number of hydrogen-bond donors (Lipinski definition) is 0. The van der Waals surface area contributed by atoms with Crippen LogP contribution in [0, 0.1) is 36.5 Å². The van der Waals surface area contributed by atoms with E-state index in [1.165, 1.54) is 10.8 Å². The van der Waals surface area contributed by atoms with Gasteiger partial charge in [-0.05, 0) is 50.6 Å². The first-order chi connectivity index (χ1) is 12.5. The molecule has 1 aromatic carbocycles. The zero-order valence-electron chi connectivity index (χ0n) is 14.8. The molecule has 0 radical (unpaired) electrons. The molecule has 0 aliphatic heterocycles. The lowest BCUT2D eigenvalue weighted by atomic mass is 10.1. The monoisotopic (exact) mass is 350 g/mol. The molecular formula is C19H18N4O3. The predicted molar refractivity (Wildman–Crippen MR) is 94.6 cm³/mol. The molecule has 0 amide bonds. The Bertz CT molecular complexity index is 929. The van der Waals surface area contributed by atoms with E-state index in [9.17, 15) is 10.1 Å². The highest BCUT2D eigenvalue weighted by Crippen LogP contribution is 2.29. The number of allylic oxidation sites excluding steroid dienone is 1. The second kappa shape index (κ2) is 8.50. The first kappa shape index (κ1) is 18.8. The molecular weight excluding hydrogens is 332 g/mol. The van der Waals surface area contributed by atoms with Crippen molar-refractivity contribution in [3.63, 3.8) is 0 Å². The Kier molecular flexibility index (Phi) is 6.13. The second-order valence-electron chi connectivity index (χ2n) is 5.40. The minimum absolute atomic E-state index is 0.0515. The molecule has 1 heterocycles. The first-order valence-corrected chi connectivity index (χ1v) is 7.96. The number of aryl methyl sites for hydroxylation is 2. The molecule has 0 saturated heterocycles. The SMILES string of the molecule is CCOc1cc(/C=C(\C#N)C(=O)n2nc(C)cc2C)ccc1OCC#N. The van der Waals surface area contributed by atoms with E-state index in [2.05, 4.69) is 5.10 Å². The van der Waals surface area contributed by atoms with Gasteiger partial charge in [-0.1, -0.05) is 6.07 Å². The van der Waals surface area contributed by atoms with Gasteiger partial charge in [0.15, 0.2) is 18.1 Å². The molecule has 0 saturated carbocycles. The number of carbonyl (C=O) groups is 1. The Morgan fingerprint density at radius 2 is 2.00 bits per heavy atom. The third kappa shape index (κ3) is 4.28. The molecule has 0 bridgehead atoms. The highest BCUT2D eigenvalue weighted by molar-refractivity contribution is 6.03. The molecule has 1 aromatic heterocycles. The van der Waals surface area contributed by atoms with Crippen LogP contribution in [0.3, 0.4) is 0 Å². The molecule has 132 valence electrons. The summed E-state index contributed by atoms with van der Waals surface area (Å²) in [5.74, 6) is 0.363. The molecule has 7 nitrogen and oxygen atoms in total. The van der Waals surface area contributed by atoms with Gasteiger partial charge in [-0.25, -0.2) is 4.68 Å². The lowest BCUT2D eigenvalue weighted by Gasteiger charge is -2.11. The number of nitriles is 2. The summed E-state index contributed by atoms with van der Waals surface area (Å²) in [6, 6.07) is 10.6. The van der Waals surface area contributed by atoms with Crippen LogP contribution in [0.4, 0.5) is 0 Å². The minimum Gasteiger partial charge on any atom is -0.490 e. The third-order valence-electron chi connectivity index (χ3n) is 3.42. The summed E-state index contributed by atoms with van der Waals surface area (Å²) in [6.45, 7) is 5.66. The van der Waals surface area contributed by atoms with E-state index in [4.69, 9.17) is 14.7 Å². The zero-order chi connectivity index (χ0) is 19.1. The van der Waals surface area contributed by atoms with Crippen molar-refractivity contribution in [2.75, 3.05) is 13.2 Å². The molecule has 0 spiro atoms. The Morgan fingerprint density at radius 3 is 2.58 bits per heavy atom. The van der Waals surface area contributed by atoms with Crippen molar-refractivity contribution in [2.24, 2.45) is 0 Å². The number of aromatic nitrogens is 2. The molecule has 0 atom stereocenters. The maximum atomic E-state index is 12.6. The molecule has 2 rings (SSSR count). The highest BCUT2D eigenvalue weighted by Gasteiger charge is 2.16. The van der Waals surface area contributed by atoms with Gasteiger partial charge in [-0.3, -0.25) is 4.79 Å². The van der Waals surface area contributed by atoms with Gasteiger partial charge in [-0.15, -0.1) is 0 Å². The highest BCUT2D eigenvalue weighted by atomic mass is 16.5. The van der Waals surface area contributed by atoms with Crippen molar-refractivity contribution in [3.8, 4) is 23.6 Å². The standard InChI is InChI=1S/C19H18N4O3/c1-4-25-18-11-15(5-6-17(18)26-8-7-20)10-16(12-21)19(24)23-14(3)9-13(2)22-23/h5-6,9-11H,4,8H2,1-3H3/b16-10+. The zero-order valence-corrected chi connectivity index (χ0v) is 14.8. The second-order valence-corrected chi connectivity index (χ2v) is 5.40. The summed E-state index contributed by atoms with van der Waals surface area (Å²) in [4.78, 5) is 12.6. The van der Waals surface area contributed by atoms with Gasteiger partial charge in [0.2, 0.25) is 0 Å². The maximum absolute atomic E-state index is 12.6. The van der Waals surface area contributed by atoms with Crippen LogP contribution in [0.15, 0.2) is 29.8 Å². The van der Waals surface area contributed by atoms with Crippen LogP contribution in [0.2, 0.25) is 0 Å². The van der Waals surface area contributed by atoms with Crippen LogP contribution >= 0.6 is 0 Å². The van der Waals surface area contributed by atoms with Crippen molar-refractivity contribution in [1.29, 1.82) is 10.5 Å². The molecule has 26 heavy (non-hydrogen) atoms. The maximum Gasteiger partial charge on any atom is 0.289 e. The summed E-state index contributed by atoms with van der Waals surface area (Å²) in [5, 5.41) is 22.1. The van der Waals surface area contributed by atoms with Crippen LogP contribution in [0.1, 0.15) is 28.7 Å². The molecule has 2 aromatic rings. The number of ether oxygens (including phenoxy) is 2. The predicted octanol–water partition coefficient (Wildman–Crippen LogP) is 3.05. The van der Waals surface area contributed by atoms with Crippen LogP contribution in [-0.4, -0.2) is 28.9 Å². The fourth-order valence-electron chi connectivity index (χ4n) is 2.37. The normalized spacial score (nSPS) is 10.7. The van der Waals surface area contributed by atoms with E-state index in [0.29, 0.717) is 35.1 Å². The van der Waals surface area contributed by atoms with Crippen LogP contribution in [0.25, 0.3) is 6.08 Å². The number of carbonyl (C=O) groups excluding carboxylic acids is 1. The Hall–Kier alpha value is -3.58. The average molecular weight is 350 g/mol. The summed E-state index contributed by atoms with van der Waals surface area (Å²) >= 11 is 0. The Morgan fingerprint density at radius 1 is 1.23 bits per heavy atom. The van der Waals surface area contributed by atoms with E-state index in [-0.39, 0.29) is 12.2 Å². The van der Waals surface area contributed by atoms with Gasteiger partial charge in [0.25, 0.3) is 5.91 Å². The molecule has 7 heteroatoms. The third-order valence-corrected chi connectivity index (χ3v) is 3.42. The van der Waals surface area contributed by atoms with Gasteiger partial charge in [0.1, 0.15) is 17.7 Å². The summed E-state index contributed by atoms with van der Waals surface area (Å²) in [7, 11) is 0. The van der Waals surface area contributed by atoms with E-state index >= 15 is 0 Å². The van der Waals surface area contributed by atoms with E-state index in [0.717, 1.165) is 0 Å².